The Balaban J connectivity index is 2.02. The van der Waals surface area contributed by atoms with E-state index >= 15 is 0 Å². The van der Waals surface area contributed by atoms with Crippen LogP contribution in [0.3, 0.4) is 0 Å². The molecule has 0 N–H and O–H groups in total. The molecule has 1 aromatic carbocycles. The molecule has 0 radical (unpaired) electrons. The number of likely N-dealkylation sites (tertiary alicyclic amines) is 1. The van der Waals surface area contributed by atoms with Crippen LogP contribution in [0.1, 0.15) is 18.4 Å². The Kier molecular flexibility index (Phi) is 3.77. The molecule has 0 saturated carbocycles. The number of hydrogen-bond acceptors (Lipinski definition) is 2. The molecule has 1 amide bonds. The number of benzene rings is 1. The van der Waals surface area contributed by atoms with Gasteiger partial charge in [0.15, 0.2) is 0 Å². The first-order chi connectivity index (χ1) is 8.31. The zero-order valence-electron chi connectivity index (χ0n) is 9.80. The van der Waals surface area contributed by atoms with Crippen molar-refractivity contribution in [1.82, 2.24) is 4.90 Å². The van der Waals surface area contributed by atoms with Crippen LogP contribution in [-0.4, -0.2) is 23.9 Å². The van der Waals surface area contributed by atoms with Crippen LogP contribution in [0, 0.1) is 17.2 Å². The zero-order valence-corrected chi connectivity index (χ0v) is 9.80. The van der Waals surface area contributed by atoms with Crippen molar-refractivity contribution in [3.8, 4) is 6.07 Å². The van der Waals surface area contributed by atoms with E-state index in [9.17, 15) is 4.79 Å². The highest BCUT2D eigenvalue weighted by atomic mass is 16.2. The highest BCUT2D eigenvalue weighted by Gasteiger charge is 2.26. The summed E-state index contributed by atoms with van der Waals surface area (Å²) < 4.78 is 0. The molecule has 0 spiro atoms. The van der Waals surface area contributed by atoms with E-state index in [1.54, 1.807) is 0 Å². The molecule has 1 fully saturated rings. The van der Waals surface area contributed by atoms with E-state index < -0.39 is 5.92 Å². The van der Waals surface area contributed by atoms with Gasteiger partial charge >= 0.3 is 0 Å². The number of hydrogen-bond donors (Lipinski definition) is 0. The standard InChI is InChI=1S/C14H16N2O/c15-11-13(10-12-6-2-1-3-7-12)14(17)16-8-4-5-9-16/h1-3,6-7,13H,4-5,8-10H2. The molecule has 1 unspecified atom stereocenters. The van der Waals surface area contributed by atoms with Gasteiger partial charge in [-0.15, -0.1) is 0 Å². The number of amides is 1. The van der Waals surface area contributed by atoms with Gasteiger partial charge in [0, 0.05) is 13.1 Å². The van der Waals surface area contributed by atoms with Gasteiger partial charge in [-0.05, 0) is 24.8 Å². The van der Waals surface area contributed by atoms with Gasteiger partial charge in [0.1, 0.15) is 5.92 Å². The molecule has 1 aliphatic heterocycles. The van der Waals surface area contributed by atoms with Gasteiger partial charge in [0.2, 0.25) is 5.91 Å². The van der Waals surface area contributed by atoms with Crippen molar-refractivity contribution in [3.05, 3.63) is 35.9 Å². The lowest BCUT2D eigenvalue weighted by atomic mass is 9.99. The highest BCUT2D eigenvalue weighted by Crippen LogP contribution is 2.15. The van der Waals surface area contributed by atoms with E-state index in [-0.39, 0.29) is 5.91 Å². The average molecular weight is 228 g/mol. The number of nitrogens with zero attached hydrogens (tertiary/aromatic N) is 2. The average Bonchev–Trinajstić information content (AvgIpc) is 2.90. The molecule has 1 saturated heterocycles. The van der Waals surface area contributed by atoms with Crippen LogP contribution in [-0.2, 0) is 11.2 Å². The molecule has 1 aliphatic rings. The van der Waals surface area contributed by atoms with Gasteiger partial charge in [0.25, 0.3) is 0 Å². The summed E-state index contributed by atoms with van der Waals surface area (Å²) in [7, 11) is 0. The lowest BCUT2D eigenvalue weighted by Gasteiger charge is -2.18. The fraction of sp³-hybridized carbons (Fsp3) is 0.429. The molecule has 0 bridgehead atoms. The van der Waals surface area contributed by atoms with Gasteiger partial charge in [-0.25, -0.2) is 0 Å². The zero-order chi connectivity index (χ0) is 12.1. The van der Waals surface area contributed by atoms with Gasteiger partial charge < -0.3 is 4.90 Å². The Morgan fingerprint density at radius 3 is 2.53 bits per heavy atom. The summed E-state index contributed by atoms with van der Waals surface area (Å²) in [5.74, 6) is -0.538. The first-order valence-electron chi connectivity index (χ1n) is 6.03. The van der Waals surface area contributed by atoms with E-state index in [1.165, 1.54) is 0 Å². The van der Waals surface area contributed by atoms with E-state index in [1.807, 2.05) is 35.2 Å². The molecule has 3 heteroatoms. The highest BCUT2D eigenvalue weighted by molar-refractivity contribution is 5.81. The topological polar surface area (TPSA) is 44.1 Å². The second-order valence-corrected chi connectivity index (χ2v) is 4.40. The third-order valence-electron chi connectivity index (χ3n) is 3.15. The molecule has 1 atom stereocenters. The second-order valence-electron chi connectivity index (χ2n) is 4.40. The number of nitriles is 1. The van der Waals surface area contributed by atoms with Gasteiger partial charge in [-0.2, -0.15) is 5.26 Å². The Morgan fingerprint density at radius 2 is 1.94 bits per heavy atom. The molecule has 1 aromatic rings. The van der Waals surface area contributed by atoms with Crippen LogP contribution in [0.15, 0.2) is 30.3 Å². The van der Waals surface area contributed by atoms with Crippen LogP contribution >= 0.6 is 0 Å². The molecular formula is C14H16N2O. The maximum atomic E-state index is 12.1. The Bertz CT molecular complexity index is 416. The summed E-state index contributed by atoms with van der Waals surface area (Å²) in [5, 5.41) is 9.12. The van der Waals surface area contributed by atoms with Crippen LogP contribution in [0.2, 0.25) is 0 Å². The molecule has 3 nitrogen and oxygen atoms in total. The fourth-order valence-corrected chi connectivity index (χ4v) is 2.20. The van der Waals surface area contributed by atoms with Crippen molar-refractivity contribution in [2.24, 2.45) is 5.92 Å². The predicted octanol–water partition coefficient (Wildman–Crippen LogP) is 1.99. The number of rotatable bonds is 3. The van der Waals surface area contributed by atoms with Crippen molar-refractivity contribution in [3.63, 3.8) is 0 Å². The minimum Gasteiger partial charge on any atom is -0.342 e. The monoisotopic (exact) mass is 228 g/mol. The normalized spacial score (nSPS) is 16.5. The first kappa shape index (κ1) is 11.7. The summed E-state index contributed by atoms with van der Waals surface area (Å²) in [4.78, 5) is 13.9. The molecule has 88 valence electrons. The summed E-state index contributed by atoms with van der Waals surface area (Å²) in [5.41, 5.74) is 1.05. The van der Waals surface area contributed by atoms with E-state index in [2.05, 4.69) is 6.07 Å². The second kappa shape index (κ2) is 5.49. The Morgan fingerprint density at radius 1 is 1.29 bits per heavy atom. The summed E-state index contributed by atoms with van der Waals surface area (Å²) in [6.07, 6.45) is 2.65. The largest absolute Gasteiger partial charge is 0.342 e. The van der Waals surface area contributed by atoms with Crippen LogP contribution in [0.5, 0.6) is 0 Å². The van der Waals surface area contributed by atoms with Gasteiger partial charge in [-0.3, -0.25) is 4.79 Å². The smallest absolute Gasteiger partial charge is 0.240 e. The molecule has 1 heterocycles. The quantitative estimate of drug-likeness (QED) is 0.794. The molecule has 2 rings (SSSR count). The van der Waals surface area contributed by atoms with E-state index in [4.69, 9.17) is 5.26 Å². The Labute approximate surface area is 102 Å². The number of carbonyl (C=O) groups excluding carboxylic acids is 1. The molecule has 0 aliphatic carbocycles. The predicted molar refractivity (Wildman–Crippen MR) is 65.1 cm³/mol. The van der Waals surface area contributed by atoms with Crippen LogP contribution in [0.25, 0.3) is 0 Å². The molecule has 17 heavy (non-hydrogen) atoms. The Hall–Kier alpha value is -1.82. The van der Waals surface area contributed by atoms with Crippen molar-refractivity contribution in [1.29, 1.82) is 5.26 Å². The van der Waals surface area contributed by atoms with E-state index in [0.717, 1.165) is 31.5 Å². The van der Waals surface area contributed by atoms with Gasteiger partial charge in [-0.1, -0.05) is 30.3 Å². The lowest BCUT2D eigenvalue weighted by Crippen LogP contribution is -2.34. The van der Waals surface area contributed by atoms with Crippen molar-refractivity contribution < 1.29 is 4.79 Å². The van der Waals surface area contributed by atoms with Crippen LogP contribution < -0.4 is 0 Å². The maximum Gasteiger partial charge on any atom is 0.240 e. The minimum atomic E-state index is -0.532. The lowest BCUT2D eigenvalue weighted by molar-refractivity contribution is -0.132. The third kappa shape index (κ3) is 2.85. The summed E-state index contributed by atoms with van der Waals surface area (Å²) in [6, 6.07) is 11.9. The maximum absolute atomic E-state index is 12.1. The first-order valence-corrected chi connectivity index (χ1v) is 6.03. The minimum absolute atomic E-state index is 0.00569. The fourth-order valence-electron chi connectivity index (χ4n) is 2.20. The molecular weight excluding hydrogens is 212 g/mol. The summed E-state index contributed by atoms with van der Waals surface area (Å²) in [6.45, 7) is 1.62. The van der Waals surface area contributed by atoms with Crippen molar-refractivity contribution >= 4 is 5.91 Å². The number of carbonyl (C=O) groups is 1. The molecule has 0 aromatic heterocycles. The third-order valence-corrected chi connectivity index (χ3v) is 3.15. The van der Waals surface area contributed by atoms with Gasteiger partial charge in [0.05, 0.1) is 6.07 Å². The van der Waals surface area contributed by atoms with Crippen molar-refractivity contribution in [2.75, 3.05) is 13.1 Å². The van der Waals surface area contributed by atoms with Crippen molar-refractivity contribution in [2.45, 2.75) is 19.3 Å². The van der Waals surface area contributed by atoms with E-state index in [0.29, 0.717) is 6.42 Å². The van der Waals surface area contributed by atoms with Crippen LogP contribution in [0.4, 0.5) is 0 Å². The SMILES string of the molecule is N#CC(Cc1ccccc1)C(=O)N1CCCC1. The summed E-state index contributed by atoms with van der Waals surface area (Å²) >= 11 is 0.